The highest BCUT2D eigenvalue weighted by Crippen LogP contribution is 2.39. The molecule has 1 aliphatic rings. The van der Waals surface area contributed by atoms with E-state index in [4.69, 9.17) is 0 Å². The lowest BCUT2D eigenvalue weighted by Crippen LogP contribution is -2.13. The second-order valence-electron chi connectivity index (χ2n) is 6.02. The Kier molecular flexibility index (Phi) is 4.13. The van der Waals surface area contributed by atoms with Crippen LogP contribution in [0, 0.1) is 5.92 Å². The monoisotopic (exact) mass is 293 g/mol. The van der Waals surface area contributed by atoms with Gasteiger partial charge in [-0.15, -0.1) is 0 Å². The summed E-state index contributed by atoms with van der Waals surface area (Å²) in [5, 5.41) is 1.01. The Morgan fingerprint density at radius 1 is 1.19 bits per heavy atom. The molecule has 1 heterocycles. The van der Waals surface area contributed by atoms with Crippen molar-refractivity contribution in [3.05, 3.63) is 30.0 Å². The van der Waals surface area contributed by atoms with Crippen molar-refractivity contribution in [1.82, 2.24) is 4.98 Å². The van der Waals surface area contributed by atoms with Gasteiger partial charge in [-0.2, -0.15) is 8.78 Å². The van der Waals surface area contributed by atoms with Crippen LogP contribution in [0.15, 0.2) is 24.4 Å². The molecule has 21 heavy (non-hydrogen) atoms. The van der Waals surface area contributed by atoms with Crippen molar-refractivity contribution < 1.29 is 13.5 Å². The molecule has 1 aliphatic carbocycles. The molecule has 0 aliphatic heterocycles. The topological polar surface area (TPSA) is 25.0 Å². The first-order valence-corrected chi connectivity index (χ1v) is 7.71. The van der Waals surface area contributed by atoms with Crippen LogP contribution < -0.4 is 4.74 Å². The lowest BCUT2D eigenvalue weighted by atomic mass is 9.78. The molecule has 0 bridgehead atoms. The Morgan fingerprint density at radius 2 is 1.95 bits per heavy atom. The van der Waals surface area contributed by atoms with Gasteiger partial charge in [0, 0.05) is 17.1 Å². The van der Waals surface area contributed by atoms with E-state index < -0.39 is 6.61 Å². The molecule has 0 saturated heterocycles. The fourth-order valence-electron chi connectivity index (χ4n) is 3.56. The fraction of sp³-hybridized carbons (Fsp3) is 0.529. The first-order valence-electron chi connectivity index (χ1n) is 7.71. The van der Waals surface area contributed by atoms with E-state index in [2.05, 4.69) is 16.6 Å². The molecule has 0 amide bonds. The van der Waals surface area contributed by atoms with Crippen molar-refractivity contribution >= 4 is 10.9 Å². The highest BCUT2D eigenvalue weighted by molar-refractivity contribution is 5.85. The number of benzene rings is 1. The zero-order chi connectivity index (χ0) is 14.8. The second-order valence-corrected chi connectivity index (χ2v) is 6.02. The standard InChI is InChI=1S/C17H21F2NO/c1-11(12-5-3-2-4-6-12)15-10-20-16-8-7-13(9-14(15)16)21-17(18)19/h7-12,17,20H,2-6H2,1H3. The Balaban J connectivity index is 1.90. The van der Waals surface area contributed by atoms with Gasteiger partial charge in [0.1, 0.15) is 5.75 Å². The number of aromatic amines is 1. The van der Waals surface area contributed by atoms with Gasteiger partial charge < -0.3 is 9.72 Å². The molecule has 1 aromatic heterocycles. The van der Waals surface area contributed by atoms with Crippen LogP contribution in [-0.4, -0.2) is 11.6 Å². The van der Waals surface area contributed by atoms with E-state index >= 15 is 0 Å². The Hall–Kier alpha value is -1.58. The van der Waals surface area contributed by atoms with Crippen LogP contribution in [0.4, 0.5) is 8.78 Å². The number of hydrogen-bond donors (Lipinski definition) is 1. The second kappa shape index (κ2) is 6.04. The Bertz CT molecular complexity index is 602. The summed E-state index contributed by atoms with van der Waals surface area (Å²) in [5.74, 6) is 1.37. The molecule has 1 fully saturated rings. The fourth-order valence-corrected chi connectivity index (χ4v) is 3.56. The van der Waals surface area contributed by atoms with Gasteiger partial charge in [0.05, 0.1) is 0 Å². The van der Waals surface area contributed by atoms with Gasteiger partial charge in [0.2, 0.25) is 0 Å². The van der Waals surface area contributed by atoms with Crippen LogP contribution in [0.5, 0.6) is 5.75 Å². The van der Waals surface area contributed by atoms with Gasteiger partial charge in [-0.3, -0.25) is 0 Å². The number of rotatable bonds is 4. The highest BCUT2D eigenvalue weighted by Gasteiger charge is 2.23. The van der Waals surface area contributed by atoms with Crippen LogP contribution in [0.1, 0.15) is 50.5 Å². The molecule has 0 radical (unpaired) electrons. The molecule has 2 nitrogen and oxygen atoms in total. The van der Waals surface area contributed by atoms with E-state index in [0.29, 0.717) is 11.8 Å². The van der Waals surface area contributed by atoms with Crippen molar-refractivity contribution in [2.75, 3.05) is 0 Å². The summed E-state index contributed by atoms with van der Waals surface area (Å²) in [6.45, 7) is -0.528. The van der Waals surface area contributed by atoms with Gasteiger partial charge in [-0.25, -0.2) is 0 Å². The lowest BCUT2D eigenvalue weighted by molar-refractivity contribution is -0.0497. The molecule has 0 spiro atoms. The molecule has 1 N–H and O–H groups in total. The van der Waals surface area contributed by atoms with Crippen LogP contribution in [0.2, 0.25) is 0 Å². The van der Waals surface area contributed by atoms with E-state index in [1.54, 1.807) is 12.1 Å². The molecule has 1 atom stereocenters. The number of hydrogen-bond acceptors (Lipinski definition) is 1. The third-order valence-corrected chi connectivity index (χ3v) is 4.76. The third-order valence-electron chi connectivity index (χ3n) is 4.76. The van der Waals surface area contributed by atoms with E-state index in [9.17, 15) is 8.78 Å². The molecule has 4 heteroatoms. The summed E-state index contributed by atoms with van der Waals surface area (Å²) in [6.07, 6.45) is 8.50. The first kappa shape index (κ1) is 14.4. The maximum absolute atomic E-state index is 12.4. The molecular weight excluding hydrogens is 272 g/mol. The van der Waals surface area contributed by atoms with Crippen molar-refractivity contribution in [3.63, 3.8) is 0 Å². The van der Waals surface area contributed by atoms with Crippen LogP contribution in [0.25, 0.3) is 10.9 Å². The van der Waals surface area contributed by atoms with Crippen LogP contribution in [0.3, 0.4) is 0 Å². The number of fused-ring (bicyclic) bond motifs is 1. The summed E-state index contributed by atoms with van der Waals surface area (Å²) < 4.78 is 29.3. The predicted molar refractivity (Wildman–Crippen MR) is 79.9 cm³/mol. The molecule has 2 aromatic rings. The minimum atomic E-state index is -2.78. The molecule has 3 rings (SSSR count). The van der Waals surface area contributed by atoms with Gasteiger partial charge in [0.15, 0.2) is 0 Å². The van der Waals surface area contributed by atoms with Crippen molar-refractivity contribution in [2.45, 2.75) is 51.6 Å². The zero-order valence-corrected chi connectivity index (χ0v) is 12.2. The average molecular weight is 293 g/mol. The molecule has 114 valence electrons. The predicted octanol–water partition coefficient (Wildman–Crippen LogP) is 5.45. The number of H-pyrrole nitrogens is 1. The van der Waals surface area contributed by atoms with Gasteiger partial charge >= 0.3 is 6.61 Å². The third kappa shape index (κ3) is 3.04. The van der Waals surface area contributed by atoms with Crippen LogP contribution in [-0.2, 0) is 0 Å². The molecule has 1 saturated carbocycles. The van der Waals surface area contributed by atoms with Gasteiger partial charge in [0.25, 0.3) is 0 Å². The van der Waals surface area contributed by atoms with E-state index in [1.807, 2.05) is 12.3 Å². The number of halogens is 2. The maximum atomic E-state index is 12.4. The molecule has 1 aromatic carbocycles. The molecular formula is C17H21F2NO. The van der Waals surface area contributed by atoms with Gasteiger partial charge in [-0.1, -0.05) is 26.2 Å². The van der Waals surface area contributed by atoms with Gasteiger partial charge in [-0.05, 0) is 48.4 Å². The Labute approximate surface area is 123 Å². The minimum absolute atomic E-state index is 0.231. The van der Waals surface area contributed by atoms with Crippen molar-refractivity contribution in [1.29, 1.82) is 0 Å². The van der Waals surface area contributed by atoms with E-state index in [0.717, 1.165) is 10.9 Å². The van der Waals surface area contributed by atoms with Crippen molar-refractivity contribution in [3.8, 4) is 5.75 Å². The smallest absolute Gasteiger partial charge is 0.387 e. The summed E-state index contributed by atoms with van der Waals surface area (Å²) in [4.78, 5) is 3.25. The van der Waals surface area contributed by atoms with Crippen LogP contribution >= 0.6 is 0 Å². The quantitative estimate of drug-likeness (QED) is 0.796. The molecule has 1 unspecified atom stereocenters. The number of alkyl halides is 2. The summed E-state index contributed by atoms with van der Waals surface area (Å²) in [5.41, 5.74) is 2.20. The van der Waals surface area contributed by atoms with E-state index in [-0.39, 0.29) is 5.75 Å². The highest BCUT2D eigenvalue weighted by atomic mass is 19.3. The largest absolute Gasteiger partial charge is 0.435 e. The number of ether oxygens (including phenoxy) is 1. The zero-order valence-electron chi connectivity index (χ0n) is 12.2. The first-order chi connectivity index (χ1) is 10.1. The average Bonchev–Trinajstić information content (AvgIpc) is 2.90. The SMILES string of the molecule is CC(c1c[nH]c2ccc(OC(F)F)cc12)C1CCCCC1. The summed E-state index contributed by atoms with van der Waals surface area (Å²) in [7, 11) is 0. The number of aromatic nitrogens is 1. The normalized spacial score (nSPS) is 18.3. The maximum Gasteiger partial charge on any atom is 0.387 e. The summed E-state index contributed by atoms with van der Waals surface area (Å²) >= 11 is 0. The lowest BCUT2D eigenvalue weighted by Gasteiger charge is -2.27. The minimum Gasteiger partial charge on any atom is -0.435 e. The number of nitrogens with one attached hydrogen (secondary N) is 1. The van der Waals surface area contributed by atoms with E-state index in [1.165, 1.54) is 37.7 Å². The summed E-state index contributed by atoms with van der Waals surface area (Å²) in [6, 6.07) is 5.12. The van der Waals surface area contributed by atoms with Crippen molar-refractivity contribution in [2.24, 2.45) is 5.92 Å². The Morgan fingerprint density at radius 3 is 2.67 bits per heavy atom.